The van der Waals surface area contributed by atoms with Crippen molar-refractivity contribution in [2.45, 2.75) is 19.8 Å². The molecule has 1 aromatic carbocycles. The highest BCUT2D eigenvalue weighted by Gasteiger charge is 2.12. The van der Waals surface area contributed by atoms with Gasteiger partial charge in [-0.2, -0.15) is 0 Å². The molecule has 0 bridgehead atoms. The summed E-state index contributed by atoms with van der Waals surface area (Å²) >= 11 is 17.9. The molecule has 6 heteroatoms. The predicted octanol–water partition coefficient (Wildman–Crippen LogP) is 5.25. The van der Waals surface area contributed by atoms with Gasteiger partial charge in [0, 0.05) is 11.3 Å². The minimum Gasteiger partial charge on any atom is -0.321 e. The van der Waals surface area contributed by atoms with Gasteiger partial charge in [0.05, 0.1) is 15.7 Å². The number of nitrogens with zero attached hydrogens (tertiary/aromatic N) is 1. The summed E-state index contributed by atoms with van der Waals surface area (Å²) in [6.07, 6.45) is 1.69. The van der Waals surface area contributed by atoms with E-state index in [9.17, 15) is 4.79 Å². The van der Waals surface area contributed by atoms with Gasteiger partial charge >= 0.3 is 0 Å². The molecule has 0 aliphatic rings. The molecule has 21 heavy (non-hydrogen) atoms. The lowest BCUT2D eigenvalue weighted by atomic mass is 10.1. The molecule has 2 aromatic rings. The van der Waals surface area contributed by atoms with Crippen LogP contribution >= 0.6 is 34.8 Å². The van der Waals surface area contributed by atoms with Crippen LogP contribution in [-0.2, 0) is 6.42 Å². The first kappa shape index (κ1) is 16.1. The number of carbonyl (C=O) groups excluding carboxylic acids is 1. The quantitative estimate of drug-likeness (QED) is 0.771. The Bertz CT molecular complexity index is 674. The van der Waals surface area contributed by atoms with E-state index in [4.69, 9.17) is 34.8 Å². The van der Waals surface area contributed by atoms with Crippen LogP contribution in [-0.4, -0.2) is 10.9 Å². The smallest absolute Gasteiger partial charge is 0.255 e. The van der Waals surface area contributed by atoms with Gasteiger partial charge in [0.15, 0.2) is 0 Å². The van der Waals surface area contributed by atoms with Crippen LogP contribution in [0.1, 0.15) is 29.4 Å². The number of aromatic nitrogens is 1. The monoisotopic (exact) mass is 342 g/mol. The zero-order chi connectivity index (χ0) is 15.4. The highest BCUT2D eigenvalue weighted by molar-refractivity contribution is 6.44. The standard InChI is InChI=1S/C15H13Cl3N2O/c1-2-4-10-7-9(8-13(17)19-10)15(21)20-12-6-3-5-11(16)14(12)18/h3,5-8H,2,4H2,1H3,(H,20,21). The van der Waals surface area contributed by atoms with Gasteiger partial charge in [-0.15, -0.1) is 0 Å². The lowest BCUT2D eigenvalue weighted by Gasteiger charge is -2.09. The van der Waals surface area contributed by atoms with Gasteiger partial charge in [0.1, 0.15) is 5.15 Å². The van der Waals surface area contributed by atoms with E-state index in [0.717, 1.165) is 18.5 Å². The Labute approximate surface area is 138 Å². The fraction of sp³-hybridized carbons (Fsp3) is 0.200. The van der Waals surface area contributed by atoms with Crippen molar-refractivity contribution in [1.29, 1.82) is 0 Å². The molecule has 1 aromatic heterocycles. The van der Waals surface area contributed by atoms with Crippen molar-refractivity contribution >= 4 is 46.4 Å². The molecule has 0 spiro atoms. The fourth-order valence-electron chi connectivity index (χ4n) is 1.86. The van der Waals surface area contributed by atoms with Gasteiger partial charge in [-0.25, -0.2) is 4.98 Å². The Morgan fingerprint density at radius 3 is 2.71 bits per heavy atom. The van der Waals surface area contributed by atoms with E-state index in [1.807, 2.05) is 6.92 Å². The minimum atomic E-state index is -0.305. The van der Waals surface area contributed by atoms with Gasteiger partial charge < -0.3 is 5.32 Å². The number of aryl methyl sites for hydroxylation is 1. The fourth-order valence-corrected chi connectivity index (χ4v) is 2.44. The number of halogens is 3. The summed E-state index contributed by atoms with van der Waals surface area (Å²) < 4.78 is 0. The number of hydrogen-bond donors (Lipinski definition) is 1. The molecule has 0 aliphatic carbocycles. The van der Waals surface area contributed by atoms with E-state index in [-0.39, 0.29) is 5.91 Å². The van der Waals surface area contributed by atoms with Crippen LogP contribution < -0.4 is 5.32 Å². The number of pyridine rings is 1. The topological polar surface area (TPSA) is 42.0 Å². The third-order valence-electron chi connectivity index (χ3n) is 2.82. The molecule has 0 unspecified atom stereocenters. The lowest BCUT2D eigenvalue weighted by Crippen LogP contribution is -2.13. The van der Waals surface area contributed by atoms with Crippen LogP contribution in [0.3, 0.4) is 0 Å². The van der Waals surface area contributed by atoms with Crippen LogP contribution in [0.15, 0.2) is 30.3 Å². The van der Waals surface area contributed by atoms with E-state index in [1.54, 1.807) is 24.3 Å². The number of nitrogens with one attached hydrogen (secondary N) is 1. The summed E-state index contributed by atoms with van der Waals surface area (Å²) in [5.74, 6) is -0.305. The van der Waals surface area contributed by atoms with Crippen LogP contribution in [0.25, 0.3) is 0 Å². The minimum absolute atomic E-state index is 0.295. The third kappa shape index (κ3) is 4.10. The first-order valence-corrected chi connectivity index (χ1v) is 7.56. The Balaban J connectivity index is 2.26. The molecule has 110 valence electrons. The van der Waals surface area contributed by atoms with Gasteiger partial charge in [-0.1, -0.05) is 54.2 Å². The van der Waals surface area contributed by atoms with E-state index in [0.29, 0.717) is 26.4 Å². The summed E-state index contributed by atoms with van der Waals surface area (Å²) in [5.41, 5.74) is 1.68. The molecule has 0 saturated heterocycles. The second kappa shape index (κ2) is 7.12. The SMILES string of the molecule is CCCc1cc(C(=O)Nc2cccc(Cl)c2Cl)cc(Cl)n1. The Hall–Kier alpha value is -1.29. The van der Waals surface area contributed by atoms with Crippen molar-refractivity contribution in [3.8, 4) is 0 Å². The average Bonchev–Trinajstić information content (AvgIpc) is 2.43. The number of anilines is 1. The molecule has 0 radical (unpaired) electrons. The normalized spacial score (nSPS) is 10.5. The van der Waals surface area contributed by atoms with E-state index >= 15 is 0 Å². The summed E-state index contributed by atoms with van der Waals surface area (Å²) in [4.78, 5) is 16.5. The first-order valence-electron chi connectivity index (χ1n) is 6.43. The molecule has 3 nitrogen and oxygen atoms in total. The zero-order valence-corrected chi connectivity index (χ0v) is 13.6. The second-order valence-corrected chi connectivity index (χ2v) is 5.65. The molecule has 0 fully saturated rings. The third-order valence-corrected chi connectivity index (χ3v) is 3.83. The van der Waals surface area contributed by atoms with Crippen molar-refractivity contribution in [1.82, 2.24) is 4.98 Å². The maximum absolute atomic E-state index is 12.3. The van der Waals surface area contributed by atoms with E-state index in [1.165, 1.54) is 6.07 Å². The predicted molar refractivity (Wildman–Crippen MR) is 87.7 cm³/mol. The molecule has 0 aliphatic heterocycles. The van der Waals surface area contributed by atoms with Crippen molar-refractivity contribution in [3.63, 3.8) is 0 Å². The van der Waals surface area contributed by atoms with Crippen molar-refractivity contribution in [3.05, 3.63) is 56.8 Å². The molecule has 2 rings (SSSR count). The first-order chi connectivity index (χ1) is 10.0. The molecule has 1 N–H and O–H groups in total. The molecular weight excluding hydrogens is 331 g/mol. The molecule has 1 heterocycles. The van der Waals surface area contributed by atoms with Crippen LogP contribution in [0, 0.1) is 0 Å². The Kier molecular flexibility index (Phi) is 5.45. The summed E-state index contributed by atoms with van der Waals surface area (Å²) in [6, 6.07) is 8.30. The van der Waals surface area contributed by atoms with Crippen molar-refractivity contribution < 1.29 is 4.79 Å². The molecule has 0 saturated carbocycles. The maximum Gasteiger partial charge on any atom is 0.255 e. The van der Waals surface area contributed by atoms with Crippen molar-refractivity contribution in [2.75, 3.05) is 5.32 Å². The largest absolute Gasteiger partial charge is 0.321 e. The number of rotatable bonds is 4. The lowest BCUT2D eigenvalue weighted by molar-refractivity contribution is 0.102. The highest BCUT2D eigenvalue weighted by atomic mass is 35.5. The average molecular weight is 344 g/mol. The molecular formula is C15H13Cl3N2O. The number of hydrogen-bond acceptors (Lipinski definition) is 2. The highest BCUT2D eigenvalue weighted by Crippen LogP contribution is 2.30. The summed E-state index contributed by atoms with van der Waals surface area (Å²) in [6.45, 7) is 2.04. The van der Waals surface area contributed by atoms with Crippen LogP contribution in [0.2, 0.25) is 15.2 Å². The molecule has 1 amide bonds. The second-order valence-electron chi connectivity index (χ2n) is 4.48. The number of carbonyl (C=O) groups is 1. The van der Waals surface area contributed by atoms with Crippen LogP contribution in [0.4, 0.5) is 5.69 Å². The summed E-state index contributed by atoms with van der Waals surface area (Å²) in [5, 5.41) is 3.71. The summed E-state index contributed by atoms with van der Waals surface area (Å²) in [7, 11) is 0. The Morgan fingerprint density at radius 1 is 1.24 bits per heavy atom. The van der Waals surface area contributed by atoms with Gasteiger partial charge in [0.2, 0.25) is 0 Å². The van der Waals surface area contributed by atoms with Gasteiger partial charge in [-0.3, -0.25) is 4.79 Å². The van der Waals surface area contributed by atoms with E-state index < -0.39 is 0 Å². The van der Waals surface area contributed by atoms with Crippen LogP contribution in [0.5, 0.6) is 0 Å². The number of amides is 1. The maximum atomic E-state index is 12.3. The van der Waals surface area contributed by atoms with Gasteiger partial charge in [-0.05, 0) is 30.7 Å². The molecule has 0 atom stereocenters. The van der Waals surface area contributed by atoms with E-state index in [2.05, 4.69) is 10.3 Å². The van der Waals surface area contributed by atoms with Crippen molar-refractivity contribution in [2.24, 2.45) is 0 Å². The number of benzene rings is 1. The Morgan fingerprint density at radius 2 is 2.00 bits per heavy atom. The zero-order valence-electron chi connectivity index (χ0n) is 11.3. The van der Waals surface area contributed by atoms with Gasteiger partial charge in [0.25, 0.3) is 5.91 Å².